The summed E-state index contributed by atoms with van der Waals surface area (Å²) in [5, 5.41) is 3.24. The third-order valence-electron chi connectivity index (χ3n) is 4.32. The largest absolute Gasteiger partial charge is 0.469 e. The Morgan fingerprint density at radius 2 is 2.05 bits per heavy atom. The SMILES string of the molecule is Cc1occc1C(=O)N1CCCC1C(=O)N1CCNCC1. The van der Waals surface area contributed by atoms with Gasteiger partial charge in [0.1, 0.15) is 11.8 Å². The van der Waals surface area contributed by atoms with Crippen molar-refractivity contribution in [3.63, 3.8) is 0 Å². The Hall–Kier alpha value is -1.82. The lowest BCUT2D eigenvalue weighted by Gasteiger charge is -2.32. The van der Waals surface area contributed by atoms with Crippen molar-refractivity contribution < 1.29 is 14.0 Å². The maximum Gasteiger partial charge on any atom is 0.258 e. The summed E-state index contributed by atoms with van der Waals surface area (Å²) in [6.45, 7) is 5.52. The molecule has 2 saturated heterocycles. The first kappa shape index (κ1) is 14.1. The molecule has 1 atom stereocenters. The molecule has 2 fully saturated rings. The Labute approximate surface area is 124 Å². The highest BCUT2D eigenvalue weighted by Gasteiger charge is 2.37. The zero-order valence-corrected chi connectivity index (χ0v) is 12.3. The molecule has 0 bridgehead atoms. The van der Waals surface area contributed by atoms with Crippen LogP contribution in [0.15, 0.2) is 16.7 Å². The lowest BCUT2D eigenvalue weighted by Crippen LogP contribution is -2.53. The van der Waals surface area contributed by atoms with E-state index < -0.39 is 0 Å². The van der Waals surface area contributed by atoms with E-state index in [4.69, 9.17) is 4.42 Å². The molecule has 21 heavy (non-hydrogen) atoms. The molecule has 0 spiro atoms. The summed E-state index contributed by atoms with van der Waals surface area (Å²) < 4.78 is 5.21. The lowest BCUT2D eigenvalue weighted by atomic mass is 10.1. The zero-order chi connectivity index (χ0) is 14.8. The van der Waals surface area contributed by atoms with E-state index in [-0.39, 0.29) is 17.9 Å². The van der Waals surface area contributed by atoms with Crippen LogP contribution in [-0.2, 0) is 4.79 Å². The number of aryl methyl sites for hydroxylation is 1. The van der Waals surface area contributed by atoms with Crippen molar-refractivity contribution in [3.8, 4) is 0 Å². The second-order valence-corrected chi connectivity index (χ2v) is 5.62. The van der Waals surface area contributed by atoms with E-state index in [2.05, 4.69) is 5.32 Å². The molecule has 1 aromatic rings. The van der Waals surface area contributed by atoms with Crippen molar-refractivity contribution in [3.05, 3.63) is 23.7 Å². The number of carbonyl (C=O) groups is 2. The minimum atomic E-state index is -0.315. The normalized spacial score (nSPS) is 22.6. The molecule has 1 aromatic heterocycles. The molecule has 2 aliphatic heterocycles. The van der Waals surface area contributed by atoms with Gasteiger partial charge in [0, 0.05) is 32.7 Å². The first-order valence-corrected chi connectivity index (χ1v) is 7.53. The van der Waals surface area contributed by atoms with Crippen molar-refractivity contribution >= 4 is 11.8 Å². The third-order valence-corrected chi connectivity index (χ3v) is 4.32. The number of hydrogen-bond acceptors (Lipinski definition) is 4. The fourth-order valence-electron chi connectivity index (χ4n) is 3.12. The van der Waals surface area contributed by atoms with Gasteiger partial charge in [-0.3, -0.25) is 9.59 Å². The standard InChI is InChI=1S/C15H21N3O3/c1-11-12(4-10-21-11)14(19)18-7-2-3-13(18)15(20)17-8-5-16-6-9-17/h4,10,13,16H,2-3,5-9H2,1H3. The highest BCUT2D eigenvalue weighted by molar-refractivity contribution is 5.98. The molecular weight excluding hydrogens is 270 g/mol. The van der Waals surface area contributed by atoms with Crippen molar-refractivity contribution in [1.82, 2.24) is 15.1 Å². The third kappa shape index (κ3) is 2.68. The zero-order valence-electron chi connectivity index (χ0n) is 12.3. The van der Waals surface area contributed by atoms with Crippen LogP contribution in [0.25, 0.3) is 0 Å². The molecule has 0 saturated carbocycles. The predicted molar refractivity (Wildman–Crippen MR) is 77.0 cm³/mol. The second-order valence-electron chi connectivity index (χ2n) is 5.62. The molecule has 0 aromatic carbocycles. The summed E-state index contributed by atoms with van der Waals surface area (Å²) in [6.07, 6.45) is 3.16. The number of carbonyl (C=O) groups excluding carboxylic acids is 2. The molecule has 3 heterocycles. The van der Waals surface area contributed by atoms with Gasteiger partial charge in [0.25, 0.3) is 5.91 Å². The van der Waals surface area contributed by atoms with Gasteiger partial charge in [-0.1, -0.05) is 0 Å². The van der Waals surface area contributed by atoms with Crippen LogP contribution in [0.1, 0.15) is 29.0 Å². The van der Waals surface area contributed by atoms with Crippen LogP contribution < -0.4 is 5.32 Å². The Morgan fingerprint density at radius 3 is 2.71 bits per heavy atom. The van der Waals surface area contributed by atoms with Crippen LogP contribution in [0.3, 0.4) is 0 Å². The van der Waals surface area contributed by atoms with Crippen LogP contribution in [0.5, 0.6) is 0 Å². The number of nitrogens with one attached hydrogen (secondary N) is 1. The Balaban J connectivity index is 1.74. The summed E-state index contributed by atoms with van der Waals surface area (Å²) in [7, 11) is 0. The molecule has 6 nitrogen and oxygen atoms in total. The molecule has 1 unspecified atom stereocenters. The summed E-state index contributed by atoms with van der Waals surface area (Å²) in [4.78, 5) is 28.8. The number of nitrogens with zero attached hydrogens (tertiary/aromatic N) is 2. The summed E-state index contributed by atoms with van der Waals surface area (Å²) in [5.41, 5.74) is 0.565. The fourth-order valence-corrected chi connectivity index (χ4v) is 3.12. The van der Waals surface area contributed by atoms with E-state index in [1.54, 1.807) is 17.9 Å². The molecular formula is C15H21N3O3. The Bertz CT molecular complexity index is 534. The van der Waals surface area contributed by atoms with Gasteiger partial charge in [0.2, 0.25) is 5.91 Å². The minimum absolute atomic E-state index is 0.0866. The monoisotopic (exact) mass is 291 g/mol. The van der Waals surface area contributed by atoms with E-state index in [1.807, 2.05) is 4.90 Å². The second kappa shape index (κ2) is 5.89. The van der Waals surface area contributed by atoms with Crippen molar-refractivity contribution in [2.24, 2.45) is 0 Å². The van der Waals surface area contributed by atoms with Crippen molar-refractivity contribution in [1.29, 1.82) is 0 Å². The number of hydrogen-bond donors (Lipinski definition) is 1. The van der Waals surface area contributed by atoms with Gasteiger partial charge in [-0.25, -0.2) is 0 Å². The lowest BCUT2D eigenvalue weighted by molar-refractivity contribution is -0.135. The van der Waals surface area contributed by atoms with Gasteiger partial charge < -0.3 is 19.5 Å². The highest BCUT2D eigenvalue weighted by Crippen LogP contribution is 2.23. The van der Waals surface area contributed by atoms with Crippen LogP contribution in [0.2, 0.25) is 0 Å². The van der Waals surface area contributed by atoms with Crippen LogP contribution in [-0.4, -0.2) is 60.4 Å². The maximum absolute atomic E-state index is 12.7. The molecule has 0 radical (unpaired) electrons. The van der Waals surface area contributed by atoms with E-state index in [0.29, 0.717) is 17.9 Å². The van der Waals surface area contributed by atoms with Crippen LogP contribution >= 0.6 is 0 Å². The number of furan rings is 1. The summed E-state index contributed by atoms with van der Waals surface area (Å²) in [5.74, 6) is 0.607. The quantitative estimate of drug-likeness (QED) is 0.868. The van der Waals surface area contributed by atoms with Gasteiger partial charge in [-0.05, 0) is 25.8 Å². The molecule has 6 heteroatoms. The fraction of sp³-hybridized carbons (Fsp3) is 0.600. The summed E-state index contributed by atoms with van der Waals surface area (Å²) >= 11 is 0. The van der Waals surface area contributed by atoms with Crippen LogP contribution in [0, 0.1) is 6.92 Å². The molecule has 2 aliphatic rings. The van der Waals surface area contributed by atoms with Gasteiger partial charge in [0.05, 0.1) is 11.8 Å². The number of likely N-dealkylation sites (tertiary alicyclic amines) is 1. The molecule has 3 rings (SSSR count). The topological polar surface area (TPSA) is 65.8 Å². The molecule has 2 amide bonds. The highest BCUT2D eigenvalue weighted by atomic mass is 16.3. The summed E-state index contributed by atoms with van der Waals surface area (Å²) in [6, 6.07) is 1.37. The first-order chi connectivity index (χ1) is 10.2. The van der Waals surface area contributed by atoms with Gasteiger partial charge in [-0.2, -0.15) is 0 Å². The van der Waals surface area contributed by atoms with Crippen LogP contribution in [0.4, 0.5) is 0 Å². The van der Waals surface area contributed by atoms with Gasteiger partial charge in [-0.15, -0.1) is 0 Å². The van der Waals surface area contributed by atoms with E-state index in [0.717, 1.165) is 39.0 Å². The smallest absolute Gasteiger partial charge is 0.258 e. The number of rotatable bonds is 2. The Kier molecular flexibility index (Phi) is 3.96. The van der Waals surface area contributed by atoms with E-state index in [9.17, 15) is 9.59 Å². The number of piperazine rings is 1. The Morgan fingerprint density at radius 1 is 1.29 bits per heavy atom. The maximum atomic E-state index is 12.7. The average Bonchev–Trinajstić information content (AvgIpc) is 3.15. The first-order valence-electron chi connectivity index (χ1n) is 7.53. The minimum Gasteiger partial charge on any atom is -0.469 e. The predicted octanol–water partition coefficient (Wildman–Crippen LogP) is 0.624. The van der Waals surface area contributed by atoms with Gasteiger partial charge >= 0.3 is 0 Å². The van der Waals surface area contributed by atoms with E-state index in [1.165, 1.54) is 6.26 Å². The van der Waals surface area contributed by atoms with E-state index >= 15 is 0 Å². The molecule has 1 N–H and O–H groups in total. The van der Waals surface area contributed by atoms with Crippen molar-refractivity contribution in [2.75, 3.05) is 32.7 Å². The van der Waals surface area contributed by atoms with Crippen molar-refractivity contribution in [2.45, 2.75) is 25.8 Å². The average molecular weight is 291 g/mol. The number of amides is 2. The van der Waals surface area contributed by atoms with Gasteiger partial charge in [0.15, 0.2) is 0 Å². The molecule has 114 valence electrons. The molecule has 0 aliphatic carbocycles.